The average Bonchev–Trinajstić information content (AvgIpc) is 3.34. The standard InChI is InChI=1S/C29H25FN2O4/c1-3-36-21-14-10-19(11-15-21)27(33)25-26(23-17-31(2)24-7-5-4-6-22(23)24)32(29(35)28(25)34)16-18-8-12-20(30)13-9-18/h4-15,17,26,33H,3,16H2,1-2H3/b27-25+. The lowest BCUT2D eigenvalue weighted by Gasteiger charge is -2.25. The van der Waals surface area contributed by atoms with Crippen molar-refractivity contribution in [1.82, 2.24) is 9.47 Å². The molecule has 6 nitrogen and oxygen atoms in total. The molecule has 0 bridgehead atoms. The van der Waals surface area contributed by atoms with Gasteiger partial charge in [-0.15, -0.1) is 0 Å². The van der Waals surface area contributed by atoms with Gasteiger partial charge < -0.3 is 19.3 Å². The van der Waals surface area contributed by atoms with E-state index in [-0.39, 0.29) is 23.7 Å². The molecule has 1 amide bonds. The Morgan fingerprint density at radius 2 is 1.69 bits per heavy atom. The number of aliphatic hydroxyl groups is 1. The Morgan fingerprint density at radius 1 is 1.00 bits per heavy atom. The summed E-state index contributed by atoms with van der Waals surface area (Å²) >= 11 is 0. The van der Waals surface area contributed by atoms with E-state index in [2.05, 4.69) is 0 Å². The van der Waals surface area contributed by atoms with E-state index in [1.807, 2.05) is 49.0 Å². The number of aliphatic hydroxyl groups excluding tert-OH is 1. The fourth-order valence-corrected chi connectivity index (χ4v) is 4.78. The molecule has 1 fully saturated rings. The van der Waals surface area contributed by atoms with E-state index in [4.69, 9.17) is 4.74 Å². The van der Waals surface area contributed by atoms with Crippen LogP contribution in [-0.2, 0) is 23.2 Å². The SMILES string of the molecule is CCOc1ccc(/C(O)=C2\C(=O)C(=O)N(Cc3ccc(F)cc3)C2c2cn(C)c3ccccc23)cc1. The lowest BCUT2D eigenvalue weighted by Crippen LogP contribution is -2.29. The maximum absolute atomic E-state index is 13.5. The van der Waals surface area contributed by atoms with Crippen molar-refractivity contribution < 1.29 is 23.8 Å². The summed E-state index contributed by atoms with van der Waals surface area (Å²) in [5.74, 6) is -1.49. The highest BCUT2D eigenvalue weighted by molar-refractivity contribution is 6.46. The fourth-order valence-electron chi connectivity index (χ4n) is 4.78. The first-order chi connectivity index (χ1) is 17.4. The van der Waals surface area contributed by atoms with Crippen molar-refractivity contribution in [2.24, 2.45) is 7.05 Å². The number of carbonyl (C=O) groups is 2. The lowest BCUT2D eigenvalue weighted by molar-refractivity contribution is -0.140. The molecule has 1 saturated heterocycles. The van der Waals surface area contributed by atoms with Gasteiger partial charge in [-0.25, -0.2) is 4.39 Å². The molecule has 1 unspecified atom stereocenters. The quantitative estimate of drug-likeness (QED) is 0.228. The van der Waals surface area contributed by atoms with Gasteiger partial charge in [-0.05, 0) is 55.0 Å². The van der Waals surface area contributed by atoms with E-state index >= 15 is 0 Å². The molecular weight excluding hydrogens is 459 g/mol. The minimum Gasteiger partial charge on any atom is -0.507 e. The Kier molecular flexibility index (Phi) is 6.06. The number of halogens is 1. The molecular formula is C29H25FN2O4. The van der Waals surface area contributed by atoms with E-state index < -0.39 is 17.7 Å². The molecule has 182 valence electrons. The van der Waals surface area contributed by atoms with Crippen molar-refractivity contribution in [2.75, 3.05) is 6.61 Å². The zero-order valence-electron chi connectivity index (χ0n) is 19.9. The molecule has 4 aromatic rings. The second kappa shape index (κ2) is 9.34. The number of nitrogens with zero attached hydrogens (tertiary/aromatic N) is 2. The van der Waals surface area contributed by atoms with Gasteiger partial charge >= 0.3 is 0 Å². The summed E-state index contributed by atoms with van der Waals surface area (Å²) in [4.78, 5) is 28.1. The third kappa shape index (κ3) is 4.02. The average molecular weight is 485 g/mol. The minimum atomic E-state index is -0.826. The van der Waals surface area contributed by atoms with Crippen LogP contribution in [-0.4, -0.2) is 32.9 Å². The maximum atomic E-state index is 13.5. The van der Waals surface area contributed by atoms with E-state index in [0.717, 1.165) is 16.5 Å². The van der Waals surface area contributed by atoms with Crippen LogP contribution in [0.3, 0.4) is 0 Å². The number of hydrogen-bond donors (Lipinski definition) is 1. The molecule has 1 aromatic heterocycles. The molecule has 1 aliphatic heterocycles. The Balaban J connectivity index is 1.68. The van der Waals surface area contributed by atoms with Crippen molar-refractivity contribution in [3.8, 4) is 5.75 Å². The van der Waals surface area contributed by atoms with Gasteiger partial charge in [0.25, 0.3) is 11.7 Å². The van der Waals surface area contributed by atoms with Crippen molar-refractivity contribution in [2.45, 2.75) is 19.5 Å². The largest absolute Gasteiger partial charge is 0.507 e. The van der Waals surface area contributed by atoms with Gasteiger partial charge in [0.2, 0.25) is 0 Å². The molecule has 36 heavy (non-hydrogen) atoms. The number of carbonyl (C=O) groups excluding carboxylic acids is 2. The number of ketones is 1. The highest BCUT2D eigenvalue weighted by Crippen LogP contribution is 2.43. The Bertz CT molecular complexity index is 1490. The molecule has 0 saturated carbocycles. The summed E-state index contributed by atoms with van der Waals surface area (Å²) in [5.41, 5.74) is 2.75. The lowest BCUT2D eigenvalue weighted by atomic mass is 9.94. The number of fused-ring (bicyclic) bond motifs is 1. The predicted octanol–water partition coefficient (Wildman–Crippen LogP) is 5.34. The van der Waals surface area contributed by atoms with Crippen LogP contribution < -0.4 is 4.74 Å². The number of aryl methyl sites for hydroxylation is 1. The summed E-state index contributed by atoms with van der Waals surface area (Å²) in [6.45, 7) is 2.46. The van der Waals surface area contributed by atoms with Crippen LogP contribution in [0.1, 0.15) is 29.7 Å². The van der Waals surface area contributed by atoms with E-state index in [1.165, 1.54) is 17.0 Å². The number of benzene rings is 3. The first-order valence-corrected chi connectivity index (χ1v) is 11.7. The second-order valence-corrected chi connectivity index (χ2v) is 8.72. The summed E-state index contributed by atoms with van der Waals surface area (Å²) in [5, 5.41) is 12.2. The first kappa shape index (κ1) is 23.4. The van der Waals surface area contributed by atoms with Crippen LogP contribution in [0.15, 0.2) is 84.6 Å². The monoisotopic (exact) mass is 484 g/mol. The predicted molar refractivity (Wildman–Crippen MR) is 135 cm³/mol. The summed E-state index contributed by atoms with van der Waals surface area (Å²) in [7, 11) is 1.89. The Morgan fingerprint density at radius 3 is 2.39 bits per heavy atom. The van der Waals surface area contributed by atoms with Gasteiger partial charge in [-0.1, -0.05) is 30.3 Å². The van der Waals surface area contributed by atoms with Gasteiger partial charge in [0.05, 0.1) is 18.2 Å². The van der Waals surface area contributed by atoms with Gasteiger partial charge in [-0.3, -0.25) is 9.59 Å². The summed E-state index contributed by atoms with van der Waals surface area (Å²) in [6.07, 6.45) is 1.88. The number of rotatable bonds is 6. The number of para-hydroxylation sites is 1. The minimum absolute atomic E-state index is 0.0163. The van der Waals surface area contributed by atoms with Gasteiger partial charge in [0, 0.05) is 41.8 Å². The van der Waals surface area contributed by atoms with Crippen molar-refractivity contribution in [1.29, 1.82) is 0 Å². The van der Waals surface area contributed by atoms with E-state index in [0.29, 0.717) is 23.5 Å². The molecule has 3 aromatic carbocycles. The number of ether oxygens (including phenoxy) is 1. The molecule has 1 atom stereocenters. The van der Waals surface area contributed by atoms with Crippen LogP contribution >= 0.6 is 0 Å². The smallest absolute Gasteiger partial charge is 0.295 e. The van der Waals surface area contributed by atoms with Gasteiger partial charge in [0.1, 0.15) is 17.3 Å². The topological polar surface area (TPSA) is 71.8 Å². The zero-order chi connectivity index (χ0) is 25.4. The van der Waals surface area contributed by atoms with Crippen LogP contribution in [0.25, 0.3) is 16.7 Å². The summed E-state index contributed by atoms with van der Waals surface area (Å²) in [6, 6.07) is 19.4. The maximum Gasteiger partial charge on any atom is 0.295 e. The van der Waals surface area contributed by atoms with Crippen LogP contribution in [0.4, 0.5) is 4.39 Å². The number of likely N-dealkylation sites (tertiary alicyclic amines) is 1. The third-order valence-corrected chi connectivity index (χ3v) is 6.47. The summed E-state index contributed by atoms with van der Waals surface area (Å²) < 4.78 is 20.9. The second-order valence-electron chi connectivity index (χ2n) is 8.72. The van der Waals surface area contributed by atoms with Gasteiger partial charge in [0.15, 0.2) is 0 Å². The third-order valence-electron chi connectivity index (χ3n) is 6.47. The van der Waals surface area contributed by atoms with Crippen molar-refractivity contribution in [3.63, 3.8) is 0 Å². The zero-order valence-corrected chi connectivity index (χ0v) is 19.9. The number of amides is 1. The van der Waals surface area contributed by atoms with Gasteiger partial charge in [-0.2, -0.15) is 0 Å². The Labute approximate surface area is 207 Å². The molecule has 2 heterocycles. The number of Topliss-reactive ketones (excluding diaryl/α,β-unsaturated/α-hetero) is 1. The molecule has 1 aliphatic rings. The molecule has 7 heteroatoms. The Hall–Kier alpha value is -4.39. The first-order valence-electron chi connectivity index (χ1n) is 11.7. The normalized spacial score (nSPS) is 17.2. The van der Waals surface area contributed by atoms with E-state index in [1.54, 1.807) is 36.4 Å². The van der Waals surface area contributed by atoms with Crippen LogP contribution in [0.2, 0.25) is 0 Å². The highest BCUT2D eigenvalue weighted by atomic mass is 19.1. The fraction of sp³-hybridized carbons (Fsp3) is 0.172. The number of hydrogen-bond acceptors (Lipinski definition) is 4. The molecule has 1 N–H and O–H groups in total. The molecule has 5 rings (SSSR count). The number of aromatic nitrogens is 1. The van der Waals surface area contributed by atoms with E-state index in [9.17, 15) is 19.1 Å². The highest BCUT2D eigenvalue weighted by Gasteiger charge is 2.47. The van der Waals surface area contributed by atoms with Crippen molar-refractivity contribution in [3.05, 3.63) is 107 Å². The van der Waals surface area contributed by atoms with Crippen LogP contribution in [0.5, 0.6) is 5.75 Å². The molecule has 0 spiro atoms. The molecule has 0 aliphatic carbocycles. The molecule has 0 radical (unpaired) electrons. The van der Waals surface area contributed by atoms with Crippen LogP contribution in [0, 0.1) is 5.82 Å². The van der Waals surface area contributed by atoms with Crippen molar-refractivity contribution >= 4 is 28.4 Å².